The van der Waals surface area contributed by atoms with Gasteiger partial charge in [-0.05, 0) is 31.2 Å². The van der Waals surface area contributed by atoms with Crippen molar-refractivity contribution in [1.29, 1.82) is 0 Å². The number of carboxylic acids is 1. The van der Waals surface area contributed by atoms with Crippen molar-refractivity contribution >= 4 is 11.9 Å². The smallest absolute Gasteiger partial charge is 0.326 e. The van der Waals surface area contributed by atoms with E-state index in [0.717, 1.165) is 38.5 Å². The lowest BCUT2D eigenvalue weighted by Gasteiger charge is -2.35. The van der Waals surface area contributed by atoms with Gasteiger partial charge in [-0.1, -0.05) is 39.0 Å². The van der Waals surface area contributed by atoms with Crippen molar-refractivity contribution in [2.45, 2.75) is 70.8 Å². The average Bonchev–Trinajstić information content (AvgIpc) is 2.44. The van der Waals surface area contributed by atoms with Gasteiger partial charge in [0.2, 0.25) is 5.91 Å². The molecule has 0 heterocycles. The third-order valence-corrected chi connectivity index (χ3v) is 4.36. The summed E-state index contributed by atoms with van der Waals surface area (Å²) in [6.07, 6.45) is 7.97. The van der Waals surface area contributed by atoms with E-state index < -0.39 is 12.0 Å². The highest BCUT2D eigenvalue weighted by atomic mass is 16.4. The van der Waals surface area contributed by atoms with Crippen LogP contribution in [0, 0.1) is 5.41 Å². The number of aliphatic carboxylic acids is 1. The lowest BCUT2D eigenvalue weighted by molar-refractivity contribution is -0.142. The summed E-state index contributed by atoms with van der Waals surface area (Å²) in [6, 6.07) is -0.763. The number of carbonyl (C=O) groups excluding carboxylic acids is 1. The standard InChI is InChI=1S/C15H28N2O3/c1-2-3-7-12(14(19)20)17-13(18)10-15(11-16)8-5-4-6-9-15/h12H,2-11,16H2,1H3,(H,17,18)(H,19,20). The maximum atomic E-state index is 12.1. The third kappa shape index (κ3) is 5.12. The van der Waals surface area contributed by atoms with E-state index in [0.29, 0.717) is 19.4 Å². The zero-order valence-electron chi connectivity index (χ0n) is 12.5. The Hall–Kier alpha value is -1.10. The number of hydrogen-bond acceptors (Lipinski definition) is 3. The summed E-state index contributed by atoms with van der Waals surface area (Å²) < 4.78 is 0. The zero-order chi connectivity index (χ0) is 15.0. The number of unbranched alkanes of at least 4 members (excludes halogenated alkanes) is 1. The summed E-state index contributed by atoms with van der Waals surface area (Å²) in [4.78, 5) is 23.3. The predicted molar refractivity (Wildman–Crippen MR) is 78.3 cm³/mol. The molecular formula is C15H28N2O3. The van der Waals surface area contributed by atoms with Crippen LogP contribution in [-0.4, -0.2) is 29.6 Å². The predicted octanol–water partition coefficient (Wildman–Crippen LogP) is 2.05. The molecule has 0 bridgehead atoms. The van der Waals surface area contributed by atoms with Crippen LogP contribution in [-0.2, 0) is 9.59 Å². The van der Waals surface area contributed by atoms with Crippen LogP contribution in [0.5, 0.6) is 0 Å². The van der Waals surface area contributed by atoms with Gasteiger partial charge in [0.25, 0.3) is 0 Å². The fraction of sp³-hybridized carbons (Fsp3) is 0.867. The van der Waals surface area contributed by atoms with Crippen molar-refractivity contribution < 1.29 is 14.7 Å². The molecule has 0 aromatic heterocycles. The Morgan fingerprint density at radius 3 is 2.45 bits per heavy atom. The van der Waals surface area contributed by atoms with E-state index in [9.17, 15) is 9.59 Å². The van der Waals surface area contributed by atoms with E-state index >= 15 is 0 Å². The third-order valence-electron chi connectivity index (χ3n) is 4.36. The Morgan fingerprint density at radius 2 is 1.95 bits per heavy atom. The Labute approximate surface area is 121 Å². The van der Waals surface area contributed by atoms with Gasteiger partial charge in [-0.3, -0.25) is 4.79 Å². The molecule has 0 aromatic carbocycles. The molecule has 4 N–H and O–H groups in total. The maximum absolute atomic E-state index is 12.1. The SMILES string of the molecule is CCCCC(NC(=O)CC1(CN)CCCCC1)C(=O)O. The molecule has 0 spiro atoms. The first-order valence-corrected chi connectivity index (χ1v) is 7.75. The molecule has 1 unspecified atom stereocenters. The summed E-state index contributed by atoms with van der Waals surface area (Å²) in [6.45, 7) is 2.51. The van der Waals surface area contributed by atoms with Crippen LogP contribution in [0.15, 0.2) is 0 Å². The van der Waals surface area contributed by atoms with Crippen LogP contribution < -0.4 is 11.1 Å². The van der Waals surface area contributed by atoms with E-state index in [1.54, 1.807) is 0 Å². The quantitative estimate of drug-likeness (QED) is 0.636. The fourth-order valence-electron chi connectivity index (χ4n) is 3.01. The van der Waals surface area contributed by atoms with E-state index in [2.05, 4.69) is 5.32 Å². The Morgan fingerprint density at radius 1 is 1.30 bits per heavy atom. The molecule has 0 aliphatic heterocycles. The van der Waals surface area contributed by atoms with Gasteiger partial charge < -0.3 is 16.2 Å². The molecule has 1 fully saturated rings. The molecule has 116 valence electrons. The summed E-state index contributed by atoms with van der Waals surface area (Å²) in [7, 11) is 0. The number of carboxylic acid groups (broad SMARTS) is 1. The van der Waals surface area contributed by atoms with Gasteiger partial charge in [0, 0.05) is 6.42 Å². The Balaban J connectivity index is 2.53. The molecule has 1 rings (SSSR count). The van der Waals surface area contributed by atoms with Gasteiger partial charge in [0.15, 0.2) is 0 Å². The van der Waals surface area contributed by atoms with E-state index in [1.165, 1.54) is 6.42 Å². The van der Waals surface area contributed by atoms with Crippen molar-refractivity contribution in [2.24, 2.45) is 11.1 Å². The van der Waals surface area contributed by atoms with Crippen LogP contribution >= 0.6 is 0 Å². The van der Waals surface area contributed by atoms with Crippen LogP contribution in [0.2, 0.25) is 0 Å². The summed E-state index contributed by atoms with van der Waals surface area (Å²) in [5, 5.41) is 11.8. The van der Waals surface area contributed by atoms with Crippen LogP contribution in [0.1, 0.15) is 64.7 Å². The van der Waals surface area contributed by atoms with Gasteiger partial charge >= 0.3 is 5.97 Å². The molecule has 1 saturated carbocycles. The van der Waals surface area contributed by atoms with Gasteiger partial charge in [-0.15, -0.1) is 0 Å². The number of amides is 1. The molecule has 0 saturated heterocycles. The second kappa shape index (κ2) is 8.25. The number of hydrogen-bond donors (Lipinski definition) is 3. The Bertz CT molecular complexity index is 325. The molecule has 5 nitrogen and oxygen atoms in total. The topological polar surface area (TPSA) is 92.4 Å². The second-order valence-electron chi connectivity index (χ2n) is 6.04. The summed E-state index contributed by atoms with van der Waals surface area (Å²) in [5.41, 5.74) is 5.75. The summed E-state index contributed by atoms with van der Waals surface area (Å²) in [5.74, 6) is -1.11. The second-order valence-corrected chi connectivity index (χ2v) is 6.04. The highest BCUT2D eigenvalue weighted by Crippen LogP contribution is 2.38. The fourth-order valence-corrected chi connectivity index (χ4v) is 3.01. The molecule has 1 aliphatic rings. The van der Waals surface area contributed by atoms with Gasteiger partial charge in [0.05, 0.1) is 0 Å². The van der Waals surface area contributed by atoms with Gasteiger partial charge in [-0.2, -0.15) is 0 Å². The minimum atomic E-state index is -0.947. The van der Waals surface area contributed by atoms with Crippen molar-refractivity contribution in [2.75, 3.05) is 6.54 Å². The molecular weight excluding hydrogens is 256 g/mol. The van der Waals surface area contributed by atoms with E-state index in [1.807, 2.05) is 6.92 Å². The molecule has 5 heteroatoms. The first-order chi connectivity index (χ1) is 9.53. The maximum Gasteiger partial charge on any atom is 0.326 e. The van der Waals surface area contributed by atoms with Crippen LogP contribution in [0.3, 0.4) is 0 Å². The minimum absolute atomic E-state index is 0.115. The number of carbonyl (C=O) groups is 2. The Kier molecular flexibility index (Phi) is 6.99. The molecule has 20 heavy (non-hydrogen) atoms. The summed E-state index contributed by atoms with van der Waals surface area (Å²) >= 11 is 0. The first kappa shape index (κ1) is 17.0. The first-order valence-electron chi connectivity index (χ1n) is 7.75. The lowest BCUT2D eigenvalue weighted by atomic mass is 9.71. The van der Waals surface area contributed by atoms with E-state index in [4.69, 9.17) is 10.8 Å². The minimum Gasteiger partial charge on any atom is -0.480 e. The van der Waals surface area contributed by atoms with Crippen molar-refractivity contribution in [3.05, 3.63) is 0 Å². The molecule has 0 radical (unpaired) electrons. The lowest BCUT2D eigenvalue weighted by Crippen LogP contribution is -2.44. The van der Waals surface area contributed by atoms with Gasteiger partial charge in [-0.25, -0.2) is 4.79 Å². The number of rotatable bonds is 8. The van der Waals surface area contributed by atoms with Crippen LogP contribution in [0.4, 0.5) is 0 Å². The average molecular weight is 284 g/mol. The normalized spacial score (nSPS) is 19.3. The monoisotopic (exact) mass is 284 g/mol. The molecule has 1 aliphatic carbocycles. The van der Waals surface area contributed by atoms with Crippen LogP contribution in [0.25, 0.3) is 0 Å². The van der Waals surface area contributed by atoms with E-state index in [-0.39, 0.29) is 11.3 Å². The molecule has 1 amide bonds. The molecule has 0 aromatic rings. The largest absolute Gasteiger partial charge is 0.480 e. The molecule has 1 atom stereocenters. The van der Waals surface area contributed by atoms with Crippen molar-refractivity contribution in [1.82, 2.24) is 5.32 Å². The number of nitrogens with two attached hydrogens (primary N) is 1. The van der Waals surface area contributed by atoms with Crippen molar-refractivity contribution in [3.63, 3.8) is 0 Å². The zero-order valence-corrected chi connectivity index (χ0v) is 12.5. The van der Waals surface area contributed by atoms with Gasteiger partial charge in [0.1, 0.15) is 6.04 Å². The van der Waals surface area contributed by atoms with Crippen molar-refractivity contribution in [3.8, 4) is 0 Å². The number of nitrogens with one attached hydrogen (secondary N) is 1. The highest BCUT2D eigenvalue weighted by molar-refractivity contribution is 5.83. The highest BCUT2D eigenvalue weighted by Gasteiger charge is 2.33.